The van der Waals surface area contributed by atoms with E-state index in [4.69, 9.17) is 27.9 Å². The summed E-state index contributed by atoms with van der Waals surface area (Å²) < 4.78 is 48.2. The number of nitrogens with zero attached hydrogens (tertiary/aromatic N) is 2. The summed E-state index contributed by atoms with van der Waals surface area (Å²) in [6.07, 6.45) is 0.152. The maximum atomic E-state index is 14.5. The summed E-state index contributed by atoms with van der Waals surface area (Å²) in [5.41, 5.74) is 1.44. The number of halogens is 3. The van der Waals surface area contributed by atoms with Crippen molar-refractivity contribution in [2.24, 2.45) is 5.92 Å². The molecule has 248 valence electrons. The summed E-state index contributed by atoms with van der Waals surface area (Å²) in [7, 11) is -2.91. The van der Waals surface area contributed by atoms with Gasteiger partial charge in [0.2, 0.25) is 11.8 Å². The fourth-order valence-corrected chi connectivity index (χ4v) is 6.56. The molecule has 47 heavy (non-hydrogen) atoms. The van der Waals surface area contributed by atoms with E-state index in [0.717, 1.165) is 22.0 Å². The van der Waals surface area contributed by atoms with E-state index >= 15 is 0 Å². The van der Waals surface area contributed by atoms with Gasteiger partial charge in [-0.25, -0.2) is 12.8 Å². The van der Waals surface area contributed by atoms with Gasteiger partial charge in [-0.05, 0) is 77.7 Å². The SMILES string of the molecule is COc1ccc(S(=O)(=O)N(CC(=O)N(Cc2ccc(Cl)c(Cl)c2)C(Cc2ccccc2)C(=O)NCC(C)C)c2ccc(F)cc2)cc1. The lowest BCUT2D eigenvalue weighted by atomic mass is 10.0. The van der Waals surface area contributed by atoms with E-state index in [9.17, 15) is 22.4 Å². The molecular weight excluding hydrogens is 664 g/mol. The van der Waals surface area contributed by atoms with Crippen LogP contribution >= 0.6 is 23.2 Å². The quantitative estimate of drug-likeness (QED) is 0.157. The number of amides is 2. The summed E-state index contributed by atoms with van der Waals surface area (Å²) in [4.78, 5) is 29.6. The van der Waals surface area contributed by atoms with Crippen LogP contribution in [0.15, 0.2) is 102 Å². The average molecular weight is 701 g/mol. The number of nitrogens with one attached hydrogen (secondary N) is 1. The molecular formula is C35H36Cl2FN3O5S. The van der Waals surface area contributed by atoms with Crippen LogP contribution in [0.4, 0.5) is 10.1 Å². The van der Waals surface area contributed by atoms with Gasteiger partial charge in [-0.3, -0.25) is 13.9 Å². The second-order valence-electron chi connectivity index (χ2n) is 11.3. The first-order chi connectivity index (χ1) is 22.4. The Bertz CT molecular complexity index is 1770. The maximum Gasteiger partial charge on any atom is 0.264 e. The Labute approximate surface area is 285 Å². The van der Waals surface area contributed by atoms with Crippen molar-refractivity contribution in [2.45, 2.75) is 37.8 Å². The first-order valence-electron chi connectivity index (χ1n) is 14.9. The molecule has 1 unspecified atom stereocenters. The minimum atomic E-state index is -4.36. The van der Waals surface area contributed by atoms with Crippen LogP contribution < -0.4 is 14.4 Å². The smallest absolute Gasteiger partial charge is 0.264 e. The average Bonchev–Trinajstić information content (AvgIpc) is 3.06. The van der Waals surface area contributed by atoms with Crippen LogP contribution in [0.2, 0.25) is 10.0 Å². The zero-order valence-corrected chi connectivity index (χ0v) is 28.5. The summed E-state index contributed by atoms with van der Waals surface area (Å²) in [5.74, 6) is -1.07. The Morgan fingerprint density at radius 2 is 1.53 bits per heavy atom. The lowest BCUT2D eigenvalue weighted by Crippen LogP contribution is -2.53. The van der Waals surface area contributed by atoms with Gasteiger partial charge < -0.3 is 15.0 Å². The molecule has 0 spiro atoms. The molecule has 0 fully saturated rings. The molecule has 4 aromatic rings. The normalized spacial score (nSPS) is 12.0. The summed E-state index contributed by atoms with van der Waals surface area (Å²) in [6.45, 7) is 3.50. The van der Waals surface area contributed by atoms with Crippen molar-refractivity contribution in [2.75, 3.05) is 24.5 Å². The first-order valence-corrected chi connectivity index (χ1v) is 17.1. The van der Waals surface area contributed by atoms with Crippen LogP contribution in [0.3, 0.4) is 0 Å². The Kier molecular flexibility index (Phi) is 12.3. The Morgan fingerprint density at radius 1 is 0.872 bits per heavy atom. The highest BCUT2D eigenvalue weighted by Crippen LogP contribution is 2.28. The molecule has 0 radical (unpaired) electrons. The van der Waals surface area contributed by atoms with Crippen molar-refractivity contribution < 1.29 is 27.1 Å². The van der Waals surface area contributed by atoms with E-state index in [0.29, 0.717) is 22.9 Å². The molecule has 0 bridgehead atoms. The summed E-state index contributed by atoms with van der Waals surface area (Å²) in [5, 5.41) is 3.51. The minimum absolute atomic E-state index is 0.0638. The molecule has 4 aromatic carbocycles. The zero-order valence-electron chi connectivity index (χ0n) is 26.2. The predicted octanol–water partition coefficient (Wildman–Crippen LogP) is 6.75. The summed E-state index contributed by atoms with van der Waals surface area (Å²) in [6, 6.07) is 23.6. The van der Waals surface area contributed by atoms with E-state index in [-0.39, 0.29) is 34.5 Å². The molecule has 8 nitrogen and oxygen atoms in total. The third kappa shape index (κ3) is 9.47. The van der Waals surface area contributed by atoms with Gasteiger partial charge in [0.1, 0.15) is 24.2 Å². The number of anilines is 1. The number of hydrogen-bond acceptors (Lipinski definition) is 5. The van der Waals surface area contributed by atoms with Gasteiger partial charge in [0, 0.05) is 19.5 Å². The van der Waals surface area contributed by atoms with Crippen molar-refractivity contribution in [3.05, 3.63) is 124 Å². The molecule has 0 saturated carbocycles. The van der Waals surface area contributed by atoms with Crippen LogP contribution in [0.1, 0.15) is 25.0 Å². The van der Waals surface area contributed by atoms with Crippen molar-refractivity contribution in [3.8, 4) is 5.75 Å². The second-order valence-corrected chi connectivity index (χ2v) is 14.0. The van der Waals surface area contributed by atoms with E-state index in [1.165, 1.54) is 48.4 Å². The lowest BCUT2D eigenvalue weighted by molar-refractivity contribution is -0.140. The van der Waals surface area contributed by atoms with Gasteiger partial charge in [0.05, 0.1) is 27.7 Å². The number of carbonyl (C=O) groups is 2. The highest BCUT2D eigenvalue weighted by atomic mass is 35.5. The van der Waals surface area contributed by atoms with Crippen LogP contribution in [-0.4, -0.2) is 51.4 Å². The van der Waals surface area contributed by atoms with E-state index < -0.39 is 40.2 Å². The largest absolute Gasteiger partial charge is 0.497 e. The number of methoxy groups -OCH3 is 1. The Morgan fingerprint density at radius 3 is 2.13 bits per heavy atom. The molecule has 0 aliphatic rings. The number of carbonyl (C=O) groups excluding carboxylic acids is 2. The van der Waals surface area contributed by atoms with Crippen molar-refractivity contribution in [1.29, 1.82) is 0 Å². The van der Waals surface area contributed by atoms with Crippen LogP contribution in [-0.2, 0) is 32.6 Å². The van der Waals surface area contributed by atoms with Crippen molar-refractivity contribution in [3.63, 3.8) is 0 Å². The molecule has 2 amide bonds. The van der Waals surface area contributed by atoms with E-state index in [1.54, 1.807) is 18.2 Å². The molecule has 0 saturated heterocycles. The summed E-state index contributed by atoms with van der Waals surface area (Å²) >= 11 is 12.5. The maximum absolute atomic E-state index is 14.5. The second kappa shape index (κ2) is 16.1. The third-order valence-corrected chi connectivity index (χ3v) is 9.86. The molecule has 1 atom stereocenters. The third-order valence-electron chi connectivity index (χ3n) is 7.33. The van der Waals surface area contributed by atoms with Gasteiger partial charge >= 0.3 is 0 Å². The molecule has 0 aliphatic carbocycles. The number of ether oxygens (including phenoxy) is 1. The Balaban J connectivity index is 1.81. The minimum Gasteiger partial charge on any atom is -0.497 e. The number of benzene rings is 4. The van der Waals surface area contributed by atoms with Crippen molar-refractivity contribution >= 4 is 50.7 Å². The molecule has 1 N–H and O–H groups in total. The first kappa shape index (κ1) is 35.7. The van der Waals surface area contributed by atoms with Crippen LogP contribution in [0.5, 0.6) is 5.75 Å². The molecule has 12 heteroatoms. The standard InChI is InChI=1S/C35H36Cl2FN3O5S/c1-24(2)21-39-35(43)33(20-25-7-5-4-6-8-25)40(22-26-9-18-31(36)32(37)19-26)34(42)23-41(28-12-10-27(38)11-13-28)47(44,45)30-16-14-29(46-3)15-17-30/h4-19,24,33H,20-23H2,1-3H3,(H,39,43). The number of rotatable bonds is 14. The van der Waals surface area contributed by atoms with Gasteiger partial charge in [-0.2, -0.15) is 0 Å². The van der Waals surface area contributed by atoms with E-state index in [1.807, 2.05) is 44.2 Å². The highest BCUT2D eigenvalue weighted by Gasteiger charge is 2.35. The van der Waals surface area contributed by atoms with E-state index in [2.05, 4.69) is 5.32 Å². The highest BCUT2D eigenvalue weighted by molar-refractivity contribution is 7.92. The Hall–Kier alpha value is -4.12. The fraction of sp³-hybridized carbons (Fsp3) is 0.257. The van der Waals surface area contributed by atoms with Crippen molar-refractivity contribution in [1.82, 2.24) is 10.2 Å². The topological polar surface area (TPSA) is 96.0 Å². The number of hydrogen-bond donors (Lipinski definition) is 1. The molecule has 0 aliphatic heterocycles. The number of sulfonamides is 1. The van der Waals surface area contributed by atoms with Gasteiger partial charge in [0.15, 0.2) is 0 Å². The molecule has 0 heterocycles. The molecule has 0 aromatic heterocycles. The fourth-order valence-electron chi connectivity index (χ4n) is 4.82. The zero-order chi connectivity index (χ0) is 34.1. The van der Waals surface area contributed by atoms with Crippen LogP contribution in [0, 0.1) is 11.7 Å². The van der Waals surface area contributed by atoms with Gasteiger partial charge in [-0.15, -0.1) is 0 Å². The lowest BCUT2D eigenvalue weighted by Gasteiger charge is -2.34. The van der Waals surface area contributed by atoms with Gasteiger partial charge in [-0.1, -0.05) is 73.4 Å². The van der Waals surface area contributed by atoms with Crippen LogP contribution in [0.25, 0.3) is 0 Å². The monoisotopic (exact) mass is 699 g/mol. The van der Waals surface area contributed by atoms with Gasteiger partial charge in [0.25, 0.3) is 10.0 Å². The predicted molar refractivity (Wildman–Crippen MR) is 183 cm³/mol. The molecule has 4 rings (SSSR count).